The van der Waals surface area contributed by atoms with E-state index in [1.807, 2.05) is 0 Å². The Bertz CT molecular complexity index is 452. The summed E-state index contributed by atoms with van der Waals surface area (Å²) in [6.45, 7) is 0. The first-order chi connectivity index (χ1) is 8.61. The first kappa shape index (κ1) is 13.3. The van der Waals surface area contributed by atoms with Crippen molar-refractivity contribution in [3.05, 3.63) is 60.2 Å². The zero-order valence-electron chi connectivity index (χ0n) is 9.22. The Labute approximate surface area is 103 Å². The molecule has 6 heteroatoms. The third-order valence-electron chi connectivity index (χ3n) is 1.86. The van der Waals surface area contributed by atoms with Crippen molar-refractivity contribution in [2.24, 2.45) is 0 Å². The molecule has 0 amide bonds. The normalized spacial score (nSPS) is 8.89. The van der Waals surface area contributed by atoms with Gasteiger partial charge >= 0.3 is 11.9 Å². The molecular weight excluding hydrogens is 236 g/mol. The van der Waals surface area contributed by atoms with Crippen molar-refractivity contribution in [2.75, 3.05) is 0 Å². The molecule has 18 heavy (non-hydrogen) atoms. The number of aromatic nitrogens is 2. The molecule has 0 saturated heterocycles. The van der Waals surface area contributed by atoms with Crippen molar-refractivity contribution in [3.63, 3.8) is 0 Å². The van der Waals surface area contributed by atoms with Crippen molar-refractivity contribution in [3.8, 4) is 0 Å². The van der Waals surface area contributed by atoms with Crippen LogP contribution in [-0.4, -0.2) is 32.1 Å². The molecule has 2 N–H and O–H groups in total. The summed E-state index contributed by atoms with van der Waals surface area (Å²) in [5.74, 6) is -2.13. The highest BCUT2D eigenvalue weighted by atomic mass is 16.4. The van der Waals surface area contributed by atoms with Gasteiger partial charge in [-0.3, -0.25) is 9.97 Å². The van der Waals surface area contributed by atoms with Crippen LogP contribution in [0.5, 0.6) is 0 Å². The molecule has 2 rings (SSSR count). The quantitative estimate of drug-likeness (QED) is 0.833. The molecule has 1 aromatic carbocycles. The van der Waals surface area contributed by atoms with Crippen LogP contribution in [0.25, 0.3) is 0 Å². The van der Waals surface area contributed by atoms with Crippen LogP contribution in [0, 0.1) is 0 Å². The van der Waals surface area contributed by atoms with Gasteiger partial charge in [0.25, 0.3) is 0 Å². The van der Waals surface area contributed by atoms with Crippen LogP contribution in [-0.2, 0) is 0 Å². The Morgan fingerprint density at radius 1 is 0.722 bits per heavy atom. The fourth-order valence-electron chi connectivity index (χ4n) is 1.01. The number of hydrogen-bond acceptors (Lipinski definition) is 4. The molecule has 92 valence electrons. The summed E-state index contributed by atoms with van der Waals surface area (Å²) in [6, 6.07) is 5.02. The van der Waals surface area contributed by atoms with Gasteiger partial charge in [0.05, 0.1) is 11.1 Å². The van der Waals surface area contributed by atoms with Gasteiger partial charge in [-0.15, -0.1) is 0 Å². The molecule has 6 nitrogen and oxygen atoms in total. The molecule has 0 radical (unpaired) electrons. The summed E-state index contributed by atoms with van der Waals surface area (Å²) < 4.78 is 0. The number of rotatable bonds is 2. The summed E-state index contributed by atoms with van der Waals surface area (Å²) in [7, 11) is 0. The predicted octanol–water partition coefficient (Wildman–Crippen LogP) is 1.56. The number of aromatic carboxylic acids is 2. The third kappa shape index (κ3) is 4.40. The van der Waals surface area contributed by atoms with Gasteiger partial charge in [0, 0.05) is 24.8 Å². The minimum atomic E-state index is -1.06. The minimum absolute atomic E-state index is 0.0833. The Morgan fingerprint density at radius 3 is 1.17 bits per heavy atom. The van der Waals surface area contributed by atoms with Gasteiger partial charge in [-0.05, 0) is 24.3 Å². The summed E-state index contributed by atoms with van der Waals surface area (Å²) in [5.41, 5.74) is 0.167. The smallest absolute Gasteiger partial charge is 0.335 e. The van der Waals surface area contributed by atoms with Crippen LogP contribution in [0.4, 0.5) is 0 Å². The van der Waals surface area contributed by atoms with E-state index >= 15 is 0 Å². The second-order valence-electron chi connectivity index (χ2n) is 3.08. The number of benzene rings is 1. The number of hydrogen-bond donors (Lipinski definition) is 2. The van der Waals surface area contributed by atoms with E-state index in [-0.39, 0.29) is 11.1 Å². The zero-order chi connectivity index (χ0) is 13.4. The lowest BCUT2D eigenvalue weighted by Crippen LogP contribution is -1.99. The molecule has 2 aromatic rings. The molecule has 0 spiro atoms. The van der Waals surface area contributed by atoms with Crippen LogP contribution in [0.2, 0.25) is 0 Å². The molecular formula is C12H10N2O4. The molecule has 0 bridgehead atoms. The molecule has 0 aliphatic heterocycles. The monoisotopic (exact) mass is 246 g/mol. The first-order valence-corrected chi connectivity index (χ1v) is 4.88. The lowest BCUT2D eigenvalue weighted by molar-refractivity contribution is 0.0681. The fraction of sp³-hybridized carbons (Fsp3) is 0. The van der Waals surface area contributed by atoms with Crippen molar-refractivity contribution in [1.82, 2.24) is 9.97 Å². The summed E-state index contributed by atoms with van der Waals surface area (Å²) in [4.78, 5) is 28.1. The molecule has 0 unspecified atom stereocenters. The topological polar surface area (TPSA) is 100 Å². The van der Waals surface area contributed by atoms with Gasteiger partial charge < -0.3 is 10.2 Å². The van der Waals surface area contributed by atoms with Crippen LogP contribution in [0.15, 0.2) is 49.1 Å². The van der Waals surface area contributed by atoms with Crippen molar-refractivity contribution in [1.29, 1.82) is 0 Å². The lowest BCUT2D eigenvalue weighted by atomic mass is 10.1. The second kappa shape index (κ2) is 6.74. The van der Waals surface area contributed by atoms with Gasteiger partial charge in [-0.1, -0.05) is 0 Å². The van der Waals surface area contributed by atoms with Crippen LogP contribution in [0.1, 0.15) is 20.7 Å². The number of nitrogens with zero attached hydrogens (tertiary/aromatic N) is 2. The largest absolute Gasteiger partial charge is 0.478 e. The Balaban J connectivity index is 0.000000225. The summed E-state index contributed by atoms with van der Waals surface area (Å²) >= 11 is 0. The second-order valence-corrected chi connectivity index (χ2v) is 3.08. The molecule has 0 fully saturated rings. The van der Waals surface area contributed by atoms with Crippen molar-refractivity contribution < 1.29 is 19.8 Å². The zero-order valence-corrected chi connectivity index (χ0v) is 9.22. The Morgan fingerprint density at radius 2 is 1.00 bits per heavy atom. The standard InChI is InChI=1S/C8H6O4.C4H4N2/c9-7(10)5-1-2-6(4-3-5)8(11)12;1-2-6-4-3-5-1/h1-4H,(H,9,10)(H,11,12);1-4H. The third-order valence-corrected chi connectivity index (χ3v) is 1.86. The van der Waals surface area contributed by atoms with E-state index in [9.17, 15) is 9.59 Å². The van der Waals surface area contributed by atoms with Crippen LogP contribution < -0.4 is 0 Å². The molecule has 1 heterocycles. The van der Waals surface area contributed by atoms with Crippen molar-refractivity contribution >= 4 is 11.9 Å². The number of carboxylic acid groups (broad SMARTS) is 2. The SMILES string of the molecule is O=C(O)c1ccc(C(=O)O)cc1.c1cnccn1. The highest BCUT2D eigenvalue weighted by Gasteiger charge is 2.04. The highest BCUT2D eigenvalue weighted by Crippen LogP contribution is 2.03. The maximum Gasteiger partial charge on any atom is 0.335 e. The fourth-order valence-corrected chi connectivity index (χ4v) is 1.01. The van der Waals surface area contributed by atoms with Crippen molar-refractivity contribution in [2.45, 2.75) is 0 Å². The summed E-state index contributed by atoms with van der Waals surface area (Å²) in [5, 5.41) is 16.9. The number of carboxylic acids is 2. The lowest BCUT2D eigenvalue weighted by Gasteiger charge is -1.94. The van der Waals surface area contributed by atoms with E-state index in [1.165, 1.54) is 24.3 Å². The first-order valence-electron chi connectivity index (χ1n) is 4.88. The van der Waals surface area contributed by atoms with Crippen LogP contribution >= 0.6 is 0 Å². The molecule has 0 aliphatic carbocycles. The predicted molar refractivity (Wildman–Crippen MR) is 62.4 cm³/mol. The van der Waals surface area contributed by atoms with Crippen LogP contribution in [0.3, 0.4) is 0 Å². The minimum Gasteiger partial charge on any atom is -0.478 e. The van der Waals surface area contributed by atoms with E-state index < -0.39 is 11.9 Å². The van der Waals surface area contributed by atoms with Gasteiger partial charge in [-0.2, -0.15) is 0 Å². The van der Waals surface area contributed by atoms with E-state index in [2.05, 4.69) is 9.97 Å². The Kier molecular flexibility index (Phi) is 4.98. The highest BCUT2D eigenvalue weighted by molar-refractivity contribution is 5.91. The molecule has 1 aromatic heterocycles. The average molecular weight is 246 g/mol. The molecule has 0 atom stereocenters. The summed E-state index contributed by atoms with van der Waals surface area (Å²) in [6.07, 6.45) is 6.56. The van der Waals surface area contributed by atoms with Gasteiger partial charge in [0.15, 0.2) is 0 Å². The van der Waals surface area contributed by atoms with Gasteiger partial charge in [0.1, 0.15) is 0 Å². The molecule has 0 saturated carbocycles. The van der Waals surface area contributed by atoms with E-state index in [1.54, 1.807) is 24.8 Å². The average Bonchev–Trinajstić information content (AvgIpc) is 2.41. The maximum atomic E-state index is 10.3. The Hall–Kier alpha value is -2.76. The van der Waals surface area contributed by atoms with E-state index in [4.69, 9.17) is 10.2 Å². The maximum absolute atomic E-state index is 10.3. The molecule has 0 aliphatic rings. The van der Waals surface area contributed by atoms with Gasteiger partial charge in [-0.25, -0.2) is 9.59 Å². The van der Waals surface area contributed by atoms with Gasteiger partial charge in [0.2, 0.25) is 0 Å². The van der Waals surface area contributed by atoms with E-state index in [0.29, 0.717) is 0 Å². The van der Waals surface area contributed by atoms with E-state index in [0.717, 1.165) is 0 Å². The number of carbonyl (C=O) groups is 2.